The van der Waals surface area contributed by atoms with E-state index in [4.69, 9.17) is 16.9 Å². The average Bonchev–Trinajstić information content (AvgIpc) is 3.16. The second-order valence-corrected chi connectivity index (χ2v) is 5.89. The monoisotopic (exact) mass is 365 g/mol. The molecule has 1 aromatic carbocycles. The molecule has 2 heterocycles. The molecule has 3 aromatic rings. The van der Waals surface area contributed by atoms with E-state index >= 15 is 0 Å². The fraction of sp³-hybridized carbons (Fsp3) is 0.167. The first-order valence-electron chi connectivity index (χ1n) is 8.14. The van der Waals surface area contributed by atoms with Crippen LogP contribution < -0.4 is 11.5 Å². The summed E-state index contributed by atoms with van der Waals surface area (Å²) in [4.78, 5) is 18.7. The standard InChI is InChI=1S/C18H19N7O2/c1-27-18(26)13(19)8-12-9-22-17(23-12)15-7-6-14(24-25-15)10-2-4-11(5-3-10)16(20)21/h2-7,9,13H,8,19H2,1H3,(H3,20,21)(H,22,23). The largest absolute Gasteiger partial charge is 0.468 e. The molecule has 0 saturated heterocycles. The molecule has 1 atom stereocenters. The smallest absolute Gasteiger partial charge is 0.323 e. The number of benzene rings is 1. The Bertz CT molecular complexity index is 949. The molecule has 0 fully saturated rings. The topological polar surface area (TPSA) is 157 Å². The van der Waals surface area contributed by atoms with Gasteiger partial charge in [-0.15, -0.1) is 10.2 Å². The van der Waals surface area contributed by atoms with Gasteiger partial charge in [-0.2, -0.15) is 0 Å². The Balaban J connectivity index is 1.74. The van der Waals surface area contributed by atoms with E-state index < -0.39 is 12.0 Å². The molecule has 2 aromatic heterocycles. The summed E-state index contributed by atoms with van der Waals surface area (Å²) in [6.07, 6.45) is 1.89. The van der Waals surface area contributed by atoms with Gasteiger partial charge in [-0.25, -0.2) is 4.98 Å². The Kier molecular flexibility index (Phi) is 5.23. The molecule has 138 valence electrons. The summed E-state index contributed by atoms with van der Waals surface area (Å²) in [5, 5.41) is 15.8. The molecule has 9 nitrogen and oxygen atoms in total. The normalized spacial score (nSPS) is 11.8. The fourth-order valence-electron chi connectivity index (χ4n) is 2.50. The van der Waals surface area contributed by atoms with Crippen molar-refractivity contribution in [3.63, 3.8) is 0 Å². The molecule has 0 aliphatic heterocycles. The molecule has 0 radical (unpaired) electrons. The highest BCUT2D eigenvalue weighted by atomic mass is 16.5. The number of hydrogen-bond acceptors (Lipinski definition) is 7. The molecular formula is C18H19N7O2. The zero-order valence-electron chi connectivity index (χ0n) is 14.6. The first-order chi connectivity index (χ1) is 13.0. The Morgan fingerprint density at radius 3 is 2.44 bits per heavy atom. The summed E-state index contributed by atoms with van der Waals surface area (Å²) in [5.41, 5.74) is 14.7. The van der Waals surface area contributed by atoms with E-state index in [0.29, 0.717) is 28.5 Å². The Morgan fingerprint density at radius 1 is 1.19 bits per heavy atom. The van der Waals surface area contributed by atoms with Crippen LogP contribution in [0, 0.1) is 5.41 Å². The summed E-state index contributed by atoms with van der Waals surface area (Å²) in [7, 11) is 1.30. The van der Waals surface area contributed by atoms with Crippen LogP contribution in [0.15, 0.2) is 42.6 Å². The number of nitrogens with zero attached hydrogens (tertiary/aromatic N) is 3. The van der Waals surface area contributed by atoms with Gasteiger partial charge in [0.25, 0.3) is 0 Å². The number of aromatic amines is 1. The maximum Gasteiger partial charge on any atom is 0.323 e. The van der Waals surface area contributed by atoms with Gasteiger partial charge in [0.2, 0.25) is 0 Å². The third-order valence-electron chi connectivity index (χ3n) is 3.97. The predicted molar refractivity (Wildman–Crippen MR) is 99.8 cm³/mol. The lowest BCUT2D eigenvalue weighted by atomic mass is 10.1. The van der Waals surface area contributed by atoms with E-state index in [-0.39, 0.29) is 12.3 Å². The number of hydrogen-bond donors (Lipinski definition) is 4. The Hall–Kier alpha value is -3.59. The van der Waals surface area contributed by atoms with Crippen molar-refractivity contribution < 1.29 is 9.53 Å². The number of H-pyrrole nitrogens is 1. The molecule has 0 aliphatic carbocycles. The lowest BCUT2D eigenvalue weighted by Crippen LogP contribution is -2.33. The van der Waals surface area contributed by atoms with Crippen LogP contribution in [0.1, 0.15) is 11.3 Å². The van der Waals surface area contributed by atoms with Gasteiger partial charge in [-0.3, -0.25) is 10.2 Å². The number of aromatic nitrogens is 4. The molecule has 0 spiro atoms. The lowest BCUT2D eigenvalue weighted by molar-refractivity contribution is -0.142. The molecular weight excluding hydrogens is 346 g/mol. The minimum Gasteiger partial charge on any atom is -0.468 e. The molecule has 0 bridgehead atoms. The number of carbonyl (C=O) groups excluding carboxylic acids is 1. The fourth-order valence-corrected chi connectivity index (χ4v) is 2.50. The molecule has 0 aliphatic rings. The zero-order chi connectivity index (χ0) is 19.4. The number of esters is 1. The number of imidazole rings is 1. The first-order valence-corrected chi connectivity index (χ1v) is 8.14. The van der Waals surface area contributed by atoms with Crippen LogP contribution in [0.25, 0.3) is 22.8 Å². The molecule has 9 heteroatoms. The van der Waals surface area contributed by atoms with E-state index in [2.05, 4.69) is 24.9 Å². The molecule has 1 unspecified atom stereocenters. The van der Waals surface area contributed by atoms with E-state index in [1.165, 1.54) is 7.11 Å². The maximum absolute atomic E-state index is 11.4. The van der Waals surface area contributed by atoms with Gasteiger partial charge in [0.15, 0.2) is 5.82 Å². The van der Waals surface area contributed by atoms with Gasteiger partial charge in [-0.1, -0.05) is 24.3 Å². The zero-order valence-corrected chi connectivity index (χ0v) is 14.6. The number of amidine groups is 1. The second-order valence-electron chi connectivity index (χ2n) is 5.89. The third kappa shape index (κ3) is 4.15. The highest BCUT2D eigenvalue weighted by molar-refractivity contribution is 5.95. The number of rotatable bonds is 6. The summed E-state index contributed by atoms with van der Waals surface area (Å²) < 4.78 is 4.61. The highest BCUT2D eigenvalue weighted by Crippen LogP contribution is 2.19. The summed E-state index contributed by atoms with van der Waals surface area (Å²) in [6, 6.07) is 10.1. The third-order valence-corrected chi connectivity index (χ3v) is 3.97. The Morgan fingerprint density at radius 2 is 1.85 bits per heavy atom. The van der Waals surface area contributed by atoms with Crippen LogP contribution in [0.3, 0.4) is 0 Å². The summed E-state index contributed by atoms with van der Waals surface area (Å²) >= 11 is 0. The van der Waals surface area contributed by atoms with E-state index in [1.807, 2.05) is 18.2 Å². The van der Waals surface area contributed by atoms with Crippen LogP contribution in [0.2, 0.25) is 0 Å². The van der Waals surface area contributed by atoms with Crippen LogP contribution in [0.5, 0.6) is 0 Å². The molecule has 0 amide bonds. The SMILES string of the molecule is COC(=O)C(N)Cc1cnc(-c2ccc(-c3ccc(C(=N)N)cc3)nn2)[nH]1. The Labute approximate surface area is 155 Å². The lowest BCUT2D eigenvalue weighted by Gasteiger charge is -2.06. The van der Waals surface area contributed by atoms with Gasteiger partial charge in [-0.05, 0) is 12.1 Å². The van der Waals surface area contributed by atoms with Crippen molar-refractivity contribution in [2.75, 3.05) is 7.11 Å². The molecule has 27 heavy (non-hydrogen) atoms. The van der Waals surface area contributed by atoms with Gasteiger partial charge < -0.3 is 21.2 Å². The van der Waals surface area contributed by atoms with Crippen LogP contribution >= 0.6 is 0 Å². The predicted octanol–water partition coefficient (Wildman–Crippen LogP) is 0.861. The summed E-state index contributed by atoms with van der Waals surface area (Å²) in [5.74, 6) is 0.0719. The van der Waals surface area contributed by atoms with Crippen molar-refractivity contribution in [1.29, 1.82) is 5.41 Å². The molecule has 6 N–H and O–H groups in total. The van der Waals surface area contributed by atoms with Crippen molar-refractivity contribution in [3.8, 4) is 22.8 Å². The van der Waals surface area contributed by atoms with Crippen LogP contribution in [-0.2, 0) is 16.0 Å². The number of carbonyl (C=O) groups is 1. The maximum atomic E-state index is 11.4. The number of ether oxygens (including phenoxy) is 1. The van der Waals surface area contributed by atoms with E-state index in [0.717, 1.165) is 5.56 Å². The van der Waals surface area contributed by atoms with Gasteiger partial charge in [0, 0.05) is 29.4 Å². The summed E-state index contributed by atoms with van der Waals surface area (Å²) in [6.45, 7) is 0. The van der Waals surface area contributed by atoms with Gasteiger partial charge in [0.1, 0.15) is 17.6 Å². The molecule has 3 rings (SSSR count). The quantitative estimate of drug-likeness (QED) is 0.286. The van der Waals surface area contributed by atoms with Crippen LogP contribution in [0.4, 0.5) is 0 Å². The van der Waals surface area contributed by atoms with Crippen LogP contribution in [-0.4, -0.2) is 45.1 Å². The van der Waals surface area contributed by atoms with Crippen molar-refractivity contribution >= 4 is 11.8 Å². The number of nitrogen functional groups attached to an aromatic ring is 1. The first kappa shape index (κ1) is 18.2. The van der Waals surface area contributed by atoms with E-state index in [1.54, 1.807) is 24.4 Å². The average molecular weight is 365 g/mol. The highest BCUT2D eigenvalue weighted by Gasteiger charge is 2.16. The minimum atomic E-state index is -0.755. The molecule has 0 saturated carbocycles. The van der Waals surface area contributed by atoms with Crippen molar-refractivity contribution in [1.82, 2.24) is 20.2 Å². The second kappa shape index (κ2) is 7.75. The van der Waals surface area contributed by atoms with Crippen molar-refractivity contribution in [2.45, 2.75) is 12.5 Å². The van der Waals surface area contributed by atoms with Crippen molar-refractivity contribution in [2.24, 2.45) is 11.5 Å². The van der Waals surface area contributed by atoms with E-state index in [9.17, 15) is 4.79 Å². The van der Waals surface area contributed by atoms with Gasteiger partial charge >= 0.3 is 5.97 Å². The number of nitrogens with two attached hydrogens (primary N) is 2. The number of methoxy groups -OCH3 is 1. The minimum absolute atomic E-state index is 0.0172. The van der Waals surface area contributed by atoms with Gasteiger partial charge in [0.05, 0.1) is 12.8 Å². The van der Waals surface area contributed by atoms with Crippen molar-refractivity contribution in [3.05, 3.63) is 53.9 Å². The number of nitrogens with one attached hydrogen (secondary N) is 2.